The van der Waals surface area contributed by atoms with E-state index in [1.165, 1.54) is 17.7 Å². The third-order valence-corrected chi connectivity index (χ3v) is 5.66. The molecule has 5 rings (SSSR count). The first-order valence-electron chi connectivity index (χ1n) is 10.9. The first-order valence-corrected chi connectivity index (χ1v) is 10.9. The third-order valence-electron chi connectivity index (χ3n) is 5.66. The zero-order valence-corrected chi connectivity index (χ0v) is 18.2. The number of para-hydroxylation sites is 1. The van der Waals surface area contributed by atoms with Gasteiger partial charge in [-0.1, -0.05) is 24.3 Å². The lowest BCUT2D eigenvalue weighted by molar-refractivity contribution is 0.0988. The fourth-order valence-electron chi connectivity index (χ4n) is 3.99. The summed E-state index contributed by atoms with van der Waals surface area (Å²) in [6.07, 6.45) is 2.39. The molecular formula is C27H21FN4O2. The lowest BCUT2D eigenvalue weighted by atomic mass is 10.1. The number of amides is 2. The predicted octanol–water partition coefficient (Wildman–Crippen LogP) is 5.42. The Morgan fingerprint density at radius 2 is 1.71 bits per heavy atom. The van der Waals surface area contributed by atoms with Crippen LogP contribution in [0.3, 0.4) is 0 Å². The van der Waals surface area contributed by atoms with Crippen LogP contribution >= 0.6 is 0 Å². The zero-order chi connectivity index (χ0) is 23.5. The molecule has 2 N–H and O–H groups in total. The maximum Gasteiger partial charge on any atom is 0.259 e. The maximum absolute atomic E-state index is 13.5. The molecule has 0 radical (unpaired) electrons. The van der Waals surface area contributed by atoms with Gasteiger partial charge < -0.3 is 15.5 Å². The molecule has 1 aliphatic heterocycles. The number of rotatable bonds is 5. The Balaban J connectivity index is 1.30. The summed E-state index contributed by atoms with van der Waals surface area (Å²) in [4.78, 5) is 31.9. The zero-order valence-electron chi connectivity index (χ0n) is 18.2. The molecule has 0 bridgehead atoms. The van der Waals surface area contributed by atoms with Crippen LogP contribution in [0, 0.1) is 5.82 Å². The van der Waals surface area contributed by atoms with E-state index < -0.39 is 0 Å². The molecular weight excluding hydrogens is 431 g/mol. The Morgan fingerprint density at radius 1 is 0.882 bits per heavy atom. The van der Waals surface area contributed by atoms with Gasteiger partial charge in [0.25, 0.3) is 11.8 Å². The van der Waals surface area contributed by atoms with Crippen LogP contribution in [0.5, 0.6) is 0 Å². The number of carbonyl (C=O) groups excluding carboxylic acids is 2. The summed E-state index contributed by atoms with van der Waals surface area (Å²) >= 11 is 0. The van der Waals surface area contributed by atoms with Gasteiger partial charge >= 0.3 is 0 Å². The number of carbonyl (C=O) groups is 2. The number of hydrogen-bond acceptors (Lipinski definition) is 4. The molecule has 0 aliphatic carbocycles. The second-order valence-electron chi connectivity index (χ2n) is 7.90. The minimum Gasteiger partial charge on any atom is -0.339 e. The van der Waals surface area contributed by atoms with Gasteiger partial charge in [0.1, 0.15) is 11.6 Å². The van der Waals surface area contributed by atoms with Gasteiger partial charge in [0.2, 0.25) is 0 Å². The van der Waals surface area contributed by atoms with Crippen LogP contribution in [-0.2, 0) is 6.42 Å². The number of nitrogens with zero attached hydrogens (tertiary/aromatic N) is 2. The van der Waals surface area contributed by atoms with Crippen molar-refractivity contribution in [3.63, 3.8) is 0 Å². The average molecular weight is 452 g/mol. The molecule has 3 aromatic carbocycles. The van der Waals surface area contributed by atoms with Gasteiger partial charge in [-0.2, -0.15) is 0 Å². The molecule has 2 amide bonds. The molecule has 0 spiro atoms. The Labute approximate surface area is 196 Å². The van der Waals surface area contributed by atoms with Crippen LogP contribution in [0.1, 0.15) is 26.3 Å². The highest BCUT2D eigenvalue weighted by molar-refractivity contribution is 6.09. The quantitative estimate of drug-likeness (QED) is 0.424. The van der Waals surface area contributed by atoms with Crippen molar-refractivity contribution in [3.8, 4) is 0 Å². The van der Waals surface area contributed by atoms with Crippen LogP contribution < -0.4 is 15.5 Å². The molecule has 2 heterocycles. The summed E-state index contributed by atoms with van der Waals surface area (Å²) < 4.78 is 13.5. The van der Waals surface area contributed by atoms with E-state index in [0.29, 0.717) is 34.9 Å². The highest BCUT2D eigenvalue weighted by Gasteiger charge is 2.25. The van der Waals surface area contributed by atoms with Gasteiger partial charge in [0, 0.05) is 35.4 Å². The fourth-order valence-corrected chi connectivity index (χ4v) is 3.99. The van der Waals surface area contributed by atoms with Crippen LogP contribution in [0.25, 0.3) is 0 Å². The molecule has 0 unspecified atom stereocenters. The van der Waals surface area contributed by atoms with Crippen molar-refractivity contribution in [2.24, 2.45) is 0 Å². The fraction of sp³-hybridized carbons (Fsp3) is 0.0741. The number of benzene rings is 3. The Kier molecular flexibility index (Phi) is 5.74. The number of hydrogen-bond donors (Lipinski definition) is 2. The van der Waals surface area contributed by atoms with Crippen LogP contribution in [0.4, 0.5) is 27.3 Å². The highest BCUT2D eigenvalue weighted by atomic mass is 19.1. The summed E-state index contributed by atoms with van der Waals surface area (Å²) in [5.74, 6) is -0.527. The van der Waals surface area contributed by atoms with Gasteiger partial charge in [-0.15, -0.1) is 0 Å². The lowest BCUT2D eigenvalue weighted by Gasteiger charge is -2.17. The van der Waals surface area contributed by atoms with Gasteiger partial charge in [0.05, 0.1) is 5.56 Å². The van der Waals surface area contributed by atoms with Crippen LogP contribution in [0.15, 0.2) is 91.1 Å². The molecule has 7 heteroatoms. The SMILES string of the molecule is O=C(Nc1ccc(C(=O)N2CCc3ccccc32)cc1)c1cccnc1Nc1cccc(F)c1. The van der Waals surface area contributed by atoms with E-state index >= 15 is 0 Å². The van der Waals surface area contributed by atoms with Crippen molar-refractivity contribution >= 4 is 34.7 Å². The number of pyridine rings is 1. The van der Waals surface area contributed by atoms with E-state index in [1.54, 1.807) is 59.6 Å². The highest BCUT2D eigenvalue weighted by Crippen LogP contribution is 2.29. The molecule has 1 aromatic heterocycles. The number of nitrogens with one attached hydrogen (secondary N) is 2. The summed E-state index contributed by atoms with van der Waals surface area (Å²) in [6.45, 7) is 0.652. The molecule has 34 heavy (non-hydrogen) atoms. The molecule has 1 aliphatic rings. The summed E-state index contributed by atoms with van der Waals surface area (Å²) in [5, 5.41) is 5.81. The third kappa shape index (κ3) is 4.36. The Bertz CT molecular complexity index is 1370. The number of fused-ring (bicyclic) bond motifs is 1. The second kappa shape index (κ2) is 9.15. The van der Waals surface area contributed by atoms with E-state index in [4.69, 9.17) is 0 Å². The van der Waals surface area contributed by atoms with Crippen molar-refractivity contribution in [3.05, 3.63) is 114 Å². The molecule has 0 saturated heterocycles. The van der Waals surface area contributed by atoms with Gasteiger partial charge in [-0.05, 0) is 72.6 Å². The number of aromatic nitrogens is 1. The second-order valence-corrected chi connectivity index (χ2v) is 7.90. The summed E-state index contributed by atoms with van der Waals surface area (Å²) in [7, 11) is 0. The lowest BCUT2D eigenvalue weighted by Crippen LogP contribution is -2.28. The molecule has 4 aromatic rings. The maximum atomic E-state index is 13.5. The van der Waals surface area contributed by atoms with E-state index in [1.807, 2.05) is 24.3 Å². The largest absolute Gasteiger partial charge is 0.339 e. The van der Waals surface area contributed by atoms with E-state index in [-0.39, 0.29) is 17.6 Å². The molecule has 168 valence electrons. The minimum atomic E-state index is -0.390. The summed E-state index contributed by atoms with van der Waals surface area (Å²) in [5.41, 5.74) is 3.99. The van der Waals surface area contributed by atoms with E-state index in [9.17, 15) is 14.0 Å². The monoisotopic (exact) mass is 452 g/mol. The first-order chi connectivity index (χ1) is 16.6. The standard InChI is InChI=1S/C27H21FN4O2/c28-20-6-3-7-22(17-20)30-25-23(8-4-15-29-25)26(33)31-21-12-10-19(11-13-21)27(34)32-16-14-18-5-1-2-9-24(18)32/h1-13,15,17H,14,16H2,(H,29,30)(H,31,33). The topological polar surface area (TPSA) is 74.3 Å². The smallest absolute Gasteiger partial charge is 0.259 e. The molecule has 0 saturated carbocycles. The van der Waals surface area contributed by atoms with Crippen molar-refractivity contribution in [1.82, 2.24) is 4.98 Å². The van der Waals surface area contributed by atoms with Gasteiger partial charge in [0.15, 0.2) is 0 Å². The predicted molar refractivity (Wildman–Crippen MR) is 130 cm³/mol. The molecule has 0 fully saturated rings. The number of halogens is 1. The Hall–Kier alpha value is -4.52. The van der Waals surface area contributed by atoms with E-state index in [0.717, 1.165) is 12.1 Å². The normalized spacial score (nSPS) is 12.2. The van der Waals surface area contributed by atoms with Crippen molar-refractivity contribution in [1.29, 1.82) is 0 Å². The van der Waals surface area contributed by atoms with Crippen molar-refractivity contribution in [2.75, 3.05) is 22.1 Å². The van der Waals surface area contributed by atoms with E-state index in [2.05, 4.69) is 15.6 Å². The molecule has 6 nitrogen and oxygen atoms in total. The van der Waals surface area contributed by atoms with Gasteiger partial charge in [-0.25, -0.2) is 9.37 Å². The van der Waals surface area contributed by atoms with Crippen LogP contribution in [-0.4, -0.2) is 23.3 Å². The summed E-state index contributed by atoms with van der Waals surface area (Å²) in [6, 6.07) is 23.9. The van der Waals surface area contributed by atoms with Crippen molar-refractivity contribution in [2.45, 2.75) is 6.42 Å². The average Bonchev–Trinajstić information content (AvgIpc) is 3.29. The first kappa shape index (κ1) is 21.3. The van der Waals surface area contributed by atoms with Crippen LogP contribution in [0.2, 0.25) is 0 Å². The van der Waals surface area contributed by atoms with Gasteiger partial charge in [-0.3, -0.25) is 9.59 Å². The Morgan fingerprint density at radius 3 is 2.53 bits per heavy atom. The molecule has 0 atom stereocenters. The number of anilines is 4. The minimum absolute atomic E-state index is 0.0725. The van der Waals surface area contributed by atoms with Crippen molar-refractivity contribution < 1.29 is 14.0 Å².